The van der Waals surface area contributed by atoms with Gasteiger partial charge in [0.2, 0.25) is 0 Å². The Hall–Kier alpha value is -1.89. The van der Waals surface area contributed by atoms with Gasteiger partial charge in [0.1, 0.15) is 0 Å². The highest BCUT2D eigenvalue weighted by Gasteiger charge is 2.26. The number of amides is 1. The molecule has 28 heavy (non-hydrogen) atoms. The zero-order valence-electron chi connectivity index (χ0n) is 16.0. The summed E-state index contributed by atoms with van der Waals surface area (Å²) >= 11 is 0. The predicted molar refractivity (Wildman–Crippen MR) is 113 cm³/mol. The van der Waals surface area contributed by atoms with Crippen LogP contribution >= 0.6 is 12.4 Å². The molecule has 1 heterocycles. The van der Waals surface area contributed by atoms with Gasteiger partial charge >= 0.3 is 0 Å². The van der Waals surface area contributed by atoms with Gasteiger partial charge in [-0.25, -0.2) is 8.42 Å². The second-order valence-electron chi connectivity index (χ2n) is 7.26. The van der Waals surface area contributed by atoms with Gasteiger partial charge in [-0.1, -0.05) is 36.4 Å². The molecule has 2 N–H and O–H groups in total. The molecule has 2 aromatic rings. The molecule has 1 amide bonds. The summed E-state index contributed by atoms with van der Waals surface area (Å²) in [6, 6.07) is 15.6. The summed E-state index contributed by atoms with van der Waals surface area (Å²) in [5.41, 5.74) is 7.11. The monoisotopic (exact) mass is 422 g/mol. The van der Waals surface area contributed by atoms with Crippen LogP contribution in [-0.2, 0) is 15.6 Å². The minimum atomic E-state index is -3.51. The van der Waals surface area contributed by atoms with Crippen molar-refractivity contribution in [2.45, 2.75) is 36.5 Å². The van der Waals surface area contributed by atoms with E-state index in [1.165, 1.54) is 6.07 Å². The van der Waals surface area contributed by atoms with Crippen LogP contribution in [0.15, 0.2) is 59.5 Å². The molecule has 5 nitrogen and oxygen atoms in total. The fraction of sp³-hybridized carbons (Fsp3) is 0.381. The number of halogens is 1. The number of sulfone groups is 1. The van der Waals surface area contributed by atoms with Gasteiger partial charge < -0.3 is 10.6 Å². The molecule has 1 atom stereocenters. The highest BCUT2D eigenvalue weighted by Crippen LogP contribution is 2.23. The Balaban J connectivity index is 0.00000280. The highest BCUT2D eigenvalue weighted by atomic mass is 35.5. The van der Waals surface area contributed by atoms with Crippen molar-refractivity contribution in [1.29, 1.82) is 0 Å². The average molecular weight is 423 g/mol. The Labute approximate surface area is 173 Å². The van der Waals surface area contributed by atoms with Crippen LogP contribution in [0.25, 0.3) is 0 Å². The summed E-state index contributed by atoms with van der Waals surface area (Å²) < 4.78 is 25.5. The molecule has 1 aliphatic heterocycles. The number of nitrogens with zero attached hydrogens (tertiary/aromatic N) is 1. The zero-order valence-corrected chi connectivity index (χ0v) is 17.6. The van der Waals surface area contributed by atoms with E-state index in [4.69, 9.17) is 5.73 Å². The van der Waals surface area contributed by atoms with Crippen molar-refractivity contribution < 1.29 is 13.2 Å². The standard InChI is InChI=1S/C21H26N2O3S.ClH/c1-16(22)18-10-12-23(13-11-18)21(24)19-8-5-9-20(14-19)27(25,26)15-17-6-3-2-4-7-17;/h2-9,14,16,18H,10-13,15,22H2,1H3;1H. The normalized spacial score (nSPS) is 16.3. The van der Waals surface area contributed by atoms with E-state index in [0.717, 1.165) is 18.4 Å². The van der Waals surface area contributed by atoms with Crippen molar-refractivity contribution in [2.24, 2.45) is 11.7 Å². The summed E-state index contributed by atoms with van der Waals surface area (Å²) in [7, 11) is -3.51. The van der Waals surface area contributed by atoms with Crippen molar-refractivity contribution in [2.75, 3.05) is 13.1 Å². The molecule has 0 bridgehead atoms. The molecule has 3 rings (SSSR count). The minimum absolute atomic E-state index is 0. The largest absolute Gasteiger partial charge is 0.339 e. The molecule has 7 heteroatoms. The number of likely N-dealkylation sites (tertiary alicyclic amines) is 1. The molecule has 0 aromatic heterocycles. The van der Waals surface area contributed by atoms with Crippen LogP contribution in [0.5, 0.6) is 0 Å². The predicted octanol–water partition coefficient (Wildman–Crippen LogP) is 3.28. The fourth-order valence-corrected chi connectivity index (χ4v) is 4.90. The molecule has 0 spiro atoms. The van der Waals surface area contributed by atoms with Crippen LogP contribution in [0.4, 0.5) is 0 Å². The van der Waals surface area contributed by atoms with E-state index in [0.29, 0.717) is 24.6 Å². The van der Waals surface area contributed by atoms with Crippen molar-refractivity contribution in [1.82, 2.24) is 4.90 Å². The second-order valence-corrected chi connectivity index (χ2v) is 9.25. The number of rotatable bonds is 5. The molecule has 1 saturated heterocycles. The Morgan fingerprint density at radius 1 is 1.11 bits per heavy atom. The fourth-order valence-electron chi connectivity index (χ4n) is 3.51. The number of carbonyl (C=O) groups excluding carboxylic acids is 1. The number of hydrogen-bond donors (Lipinski definition) is 1. The van der Waals surface area contributed by atoms with E-state index in [9.17, 15) is 13.2 Å². The summed E-state index contributed by atoms with van der Waals surface area (Å²) in [6.07, 6.45) is 1.77. The number of benzene rings is 2. The molecule has 0 radical (unpaired) electrons. The van der Waals surface area contributed by atoms with Crippen molar-refractivity contribution in [3.05, 3.63) is 65.7 Å². The van der Waals surface area contributed by atoms with Crippen LogP contribution < -0.4 is 5.73 Å². The first kappa shape index (κ1) is 22.4. The van der Waals surface area contributed by atoms with Gasteiger partial charge in [-0.3, -0.25) is 4.79 Å². The average Bonchev–Trinajstić information content (AvgIpc) is 2.68. The lowest BCUT2D eigenvalue weighted by Crippen LogP contribution is -2.42. The van der Waals surface area contributed by atoms with E-state index >= 15 is 0 Å². The number of hydrogen-bond acceptors (Lipinski definition) is 4. The van der Waals surface area contributed by atoms with Gasteiger partial charge in [-0.15, -0.1) is 12.4 Å². The van der Waals surface area contributed by atoms with Gasteiger partial charge in [0, 0.05) is 24.7 Å². The van der Waals surface area contributed by atoms with Gasteiger partial charge in [-0.05, 0) is 49.4 Å². The Morgan fingerprint density at radius 3 is 2.36 bits per heavy atom. The number of carbonyl (C=O) groups is 1. The van der Waals surface area contributed by atoms with E-state index in [1.807, 2.05) is 25.1 Å². The molecule has 1 fully saturated rings. The maximum absolute atomic E-state index is 12.8. The Kier molecular flexibility index (Phi) is 7.63. The third-order valence-corrected chi connectivity index (χ3v) is 6.90. The van der Waals surface area contributed by atoms with Crippen LogP contribution in [0.1, 0.15) is 35.7 Å². The van der Waals surface area contributed by atoms with Crippen LogP contribution in [-0.4, -0.2) is 38.4 Å². The first-order valence-electron chi connectivity index (χ1n) is 9.28. The second kappa shape index (κ2) is 9.54. The molecule has 0 saturated carbocycles. The van der Waals surface area contributed by atoms with Gasteiger partial charge in [0.05, 0.1) is 10.6 Å². The van der Waals surface area contributed by atoms with E-state index in [-0.39, 0.29) is 35.0 Å². The first-order chi connectivity index (χ1) is 12.9. The van der Waals surface area contributed by atoms with Gasteiger partial charge in [0.15, 0.2) is 9.84 Å². The Bertz CT molecular complexity index is 893. The summed E-state index contributed by atoms with van der Waals surface area (Å²) in [5.74, 6) is 0.243. The lowest BCUT2D eigenvalue weighted by atomic mass is 9.90. The third-order valence-electron chi connectivity index (χ3n) is 5.21. The van der Waals surface area contributed by atoms with E-state index in [2.05, 4.69) is 0 Å². The third kappa shape index (κ3) is 5.34. The first-order valence-corrected chi connectivity index (χ1v) is 10.9. The molecule has 1 aliphatic rings. The summed E-state index contributed by atoms with van der Waals surface area (Å²) in [5, 5.41) is 0. The van der Waals surface area contributed by atoms with Crippen molar-refractivity contribution in [3.63, 3.8) is 0 Å². The zero-order chi connectivity index (χ0) is 19.4. The molecule has 2 aromatic carbocycles. The molecular formula is C21H27ClN2O3S. The lowest BCUT2D eigenvalue weighted by molar-refractivity contribution is 0.0680. The van der Waals surface area contributed by atoms with Crippen LogP contribution in [0.2, 0.25) is 0 Å². The highest BCUT2D eigenvalue weighted by molar-refractivity contribution is 7.90. The maximum Gasteiger partial charge on any atom is 0.253 e. The summed E-state index contributed by atoms with van der Waals surface area (Å²) in [6.45, 7) is 3.32. The van der Waals surface area contributed by atoms with E-state index in [1.54, 1.807) is 35.2 Å². The molecular weight excluding hydrogens is 396 g/mol. The summed E-state index contributed by atoms with van der Waals surface area (Å²) in [4.78, 5) is 14.8. The van der Waals surface area contributed by atoms with Crippen molar-refractivity contribution >= 4 is 28.2 Å². The quantitative estimate of drug-likeness (QED) is 0.801. The van der Waals surface area contributed by atoms with Crippen LogP contribution in [0.3, 0.4) is 0 Å². The van der Waals surface area contributed by atoms with Gasteiger partial charge in [0.25, 0.3) is 5.91 Å². The number of nitrogens with two attached hydrogens (primary N) is 1. The van der Waals surface area contributed by atoms with Crippen molar-refractivity contribution in [3.8, 4) is 0 Å². The minimum Gasteiger partial charge on any atom is -0.339 e. The lowest BCUT2D eigenvalue weighted by Gasteiger charge is -2.33. The van der Waals surface area contributed by atoms with Crippen LogP contribution in [0, 0.1) is 5.92 Å². The molecule has 0 aliphatic carbocycles. The molecule has 152 valence electrons. The SMILES string of the molecule is CC(N)C1CCN(C(=O)c2cccc(S(=O)(=O)Cc3ccccc3)c2)CC1.Cl. The van der Waals surface area contributed by atoms with E-state index < -0.39 is 9.84 Å². The Morgan fingerprint density at radius 2 is 1.75 bits per heavy atom. The molecule has 1 unspecified atom stereocenters. The topological polar surface area (TPSA) is 80.5 Å². The number of piperidine rings is 1. The maximum atomic E-state index is 12.8. The smallest absolute Gasteiger partial charge is 0.253 e. The van der Waals surface area contributed by atoms with Gasteiger partial charge in [-0.2, -0.15) is 0 Å².